The molecule has 2 N–H and O–H groups in total. The van der Waals surface area contributed by atoms with Crippen LogP contribution in [0.3, 0.4) is 0 Å². The predicted octanol–water partition coefficient (Wildman–Crippen LogP) is 4.53. The van der Waals surface area contributed by atoms with Crippen molar-refractivity contribution in [3.8, 4) is 11.3 Å². The lowest BCUT2D eigenvalue weighted by atomic mass is 9.73. The van der Waals surface area contributed by atoms with Gasteiger partial charge >= 0.3 is 0 Å². The number of fused-ring (bicyclic) bond motifs is 6. The molecule has 4 atom stereocenters. The second-order valence-corrected chi connectivity index (χ2v) is 9.96. The highest BCUT2D eigenvalue weighted by molar-refractivity contribution is 5.84. The van der Waals surface area contributed by atoms with Gasteiger partial charge in [-0.2, -0.15) is 0 Å². The van der Waals surface area contributed by atoms with Gasteiger partial charge in [0.25, 0.3) is 0 Å². The van der Waals surface area contributed by atoms with E-state index in [4.69, 9.17) is 9.97 Å². The Labute approximate surface area is 213 Å². The number of nitro groups is 1. The minimum Gasteiger partial charge on any atom is -0.348 e. The zero-order valence-corrected chi connectivity index (χ0v) is 20.1. The van der Waals surface area contributed by atoms with Crippen molar-refractivity contribution in [2.45, 2.75) is 36.9 Å². The van der Waals surface area contributed by atoms with Gasteiger partial charge in [0.15, 0.2) is 0 Å². The van der Waals surface area contributed by atoms with E-state index in [1.165, 1.54) is 0 Å². The maximum Gasteiger partial charge on any atom is 0.237 e. The molecule has 4 unspecified atom stereocenters. The monoisotopic (exact) mass is 488 g/mol. The van der Waals surface area contributed by atoms with Gasteiger partial charge in [0, 0.05) is 28.8 Å². The van der Waals surface area contributed by atoms with Crippen molar-refractivity contribution >= 4 is 11.0 Å². The summed E-state index contributed by atoms with van der Waals surface area (Å²) in [6.07, 6.45) is 3.78. The van der Waals surface area contributed by atoms with Crippen LogP contribution < -0.4 is 5.32 Å². The van der Waals surface area contributed by atoms with Gasteiger partial charge < -0.3 is 4.98 Å². The van der Waals surface area contributed by atoms with Crippen LogP contribution in [0.1, 0.15) is 34.0 Å². The molecule has 8 nitrogen and oxygen atoms in total. The number of nitrogens with one attached hydrogen (secondary N) is 2. The second kappa shape index (κ2) is 8.04. The third kappa shape index (κ3) is 3.15. The van der Waals surface area contributed by atoms with Crippen LogP contribution in [0.2, 0.25) is 0 Å². The first-order valence-corrected chi connectivity index (χ1v) is 12.4. The fraction of sp³-hybridized carbons (Fsp3) is 0.207. The van der Waals surface area contributed by atoms with E-state index in [1.54, 1.807) is 12.5 Å². The molecule has 1 spiro atoms. The number of rotatable bonds is 4. The van der Waals surface area contributed by atoms with Crippen molar-refractivity contribution in [1.29, 1.82) is 0 Å². The summed E-state index contributed by atoms with van der Waals surface area (Å²) in [5.41, 5.74) is 6.95. The van der Waals surface area contributed by atoms with Crippen LogP contribution in [0.15, 0.2) is 85.3 Å². The molecule has 3 heterocycles. The number of hydrogen-bond acceptors (Lipinski definition) is 6. The van der Waals surface area contributed by atoms with Crippen molar-refractivity contribution in [3.05, 3.63) is 124 Å². The average Bonchev–Trinajstić information content (AvgIpc) is 3.60. The summed E-state index contributed by atoms with van der Waals surface area (Å²) < 4.78 is 0. The number of para-hydroxylation sites is 2. The van der Waals surface area contributed by atoms with Gasteiger partial charge in [0.05, 0.1) is 40.7 Å². The molecule has 2 aliphatic rings. The molecule has 8 heteroatoms. The van der Waals surface area contributed by atoms with E-state index in [0.29, 0.717) is 6.42 Å². The van der Waals surface area contributed by atoms with Gasteiger partial charge in [0.1, 0.15) is 5.54 Å². The molecule has 182 valence electrons. The van der Waals surface area contributed by atoms with Crippen molar-refractivity contribution in [2.75, 3.05) is 0 Å². The zero-order valence-electron chi connectivity index (χ0n) is 20.1. The predicted molar refractivity (Wildman–Crippen MR) is 140 cm³/mol. The van der Waals surface area contributed by atoms with Gasteiger partial charge in [-0.1, -0.05) is 66.2 Å². The lowest BCUT2D eigenvalue weighted by molar-refractivity contribution is -0.527. The van der Waals surface area contributed by atoms with Crippen molar-refractivity contribution < 1.29 is 4.92 Å². The molecule has 7 rings (SSSR count). The SMILES string of the molecule is Cc1cccc(C2C([N+](=O)[O-])C(Cc3cnc[nH]3)NC23c2ccccc2-c2nc4ccccc4nc23)c1. The van der Waals surface area contributed by atoms with Crippen molar-refractivity contribution in [3.63, 3.8) is 0 Å². The Hall–Kier alpha value is -4.43. The summed E-state index contributed by atoms with van der Waals surface area (Å²) in [5.74, 6) is -0.506. The van der Waals surface area contributed by atoms with Crippen LogP contribution >= 0.6 is 0 Å². The Kier molecular flexibility index (Phi) is 4.74. The molecular formula is C29H24N6O2. The fourth-order valence-electron chi connectivity index (χ4n) is 6.43. The van der Waals surface area contributed by atoms with E-state index in [0.717, 1.165) is 50.4 Å². The first-order valence-electron chi connectivity index (χ1n) is 12.4. The third-order valence-electron chi connectivity index (χ3n) is 7.82. The van der Waals surface area contributed by atoms with Gasteiger partial charge in [-0.3, -0.25) is 15.4 Å². The summed E-state index contributed by atoms with van der Waals surface area (Å²) in [5, 5.41) is 16.7. The summed E-state index contributed by atoms with van der Waals surface area (Å²) in [7, 11) is 0. The molecule has 0 radical (unpaired) electrons. The summed E-state index contributed by atoms with van der Waals surface area (Å²) >= 11 is 0. The molecule has 1 fully saturated rings. The Morgan fingerprint density at radius 1 is 1.00 bits per heavy atom. The molecule has 3 aromatic carbocycles. The Morgan fingerprint density at radius 2 is 1.78 bits per heavy atom. The number of aromatic amines is 1. The number of hydrogen-bond donors (Lipinski definition) is 2. The third-order valence-corrected chi connectivity index (χ3v) is 7.82. The number of nitrogens with zero attached hydrogens (tertiary/aromatic N) is 4. The van der Waals surface area contributed by atoms with Crippen LogP contribution in [0.4, 0.5) is 0 Å². The smallest absolute Gasteiger partial charge is 0.237 e. The second-order valence-electron chi connectivity index (χ2n) is 9.96. The summed E-state index contributed by atoms with van der Waals surface area (Å²) in [6.45, 7) is 2.02. The van der Waals surface area contributed by atoms with E-state index in [2.05, 4.69) is 27.4 Å². The van der Waals surface area contributed by atoms with Crippen molar-refractivity contribution in [1.82, 2.24) is 25.3 Å². The lowest BCUT2D eigenvalue weighted by Crippen LogP contribution is -2.44. The largest absolute Gasteiger partial charge is 0.348 e. The summed E-state index contributed by atoms with van der Waals surface area (Å²) in [4.78, 5) is 30.2. The first-order chi connectivity index (χ1) is 18.1. The Bertz CT molecular complexity index is 1670. The normalized spacial score (nSPS) is 23.9. The molecule has 1 aliphatic heterocycles. The van der Waals surface area contributed by atoms with Gasteiger partial charge in [-0.05, 0) is 30.2 Å². The van der Waals surface area contributed by atoms with Gasteiger partial charge in [-0.25, -0.2) is 15.0 Å². The maximum atomic E-state index is 12.9. The van der Waals surface area contributed by atoms with Crippen molar-refractivity contribution in [2.24, 2.45) is 0 Å². The standard InChI is InChI=1S/C29H24N6O2/c1-17-7-6-8-18(13-17)25-27(35(36)37)24(14-19-15-30-16-31-19)34-29(25)21-10-3-2-9-20(21)26-28(29)33-23-12-5-4-11-22(23)32-26/h2-13,15-16,24-25,27,34H,14H2,1H3,(H,30,31). The summed E-state index contributed by atoms with van der Waals surface area (Å²) in [6, 6.07) is 22.6. The van der Waals surface area contributed by atoms with E-state index in [1.807, 2.05) is 67.6 Å². The first kappa shape index (κ1) is 21.8. The highest BCUT2D eigenvalue weighted by Gasteiger charge is 2.65. The van der Waals surface area contributed by atoms with E-state index in [9.17, 15) is 10.1 Å². The Morgan fingerprint density at radius 3 is 2.54 bits per heavy atom. The van der Waals surface area contributed by atoms with Crippen LogP contribution in [0.5, 0.6) is 0 Å². The van der Waals surface area contributed by atoms with Crippen LogP contribution in [-0.2, 0) is 12.0 Å². The van der Waals surface area contributed by atoms with Gasteiger partial charge in [0.2, 0.25) is 6.04 Å². The molecule has 0 saturated carbocycles. The fourth-order valence-corrected chi connectivity index (χ4v) is 6.43. The molecule has 0 bridgehead atoms. The molecular weight excluding hydrogens is 464 g/mol. The minimum absolute atomic E-state index is 0.120. The molecule has 37 heavy (non-hydrogen) atoms. The van der Waals surface area contributed by atoms with Crippen LogP contribution in [0, 0.1) is 17.0 Å². The van der Waals surface area contributed by atoms with E-state index >= 15 is 0 Å². The quantitative estimate of drug-likeness (QED) is 0.284. The number of imidazole rings is 1. The van der Waals surface area contributed by atoms with Crippen LogP contribution in [-0.4, -0.2) is 36.9 Å². The number of H-pyrrole nitrogens is 1. The average molecular weight is 489 g/mol. The maximum absolute atomic E-state index is 12.9. The number of benzene rings is 3. The number of aromatic nitrogens is 4. The van der Waals surface area contributed by atoms with Crippen LogP contribution in [0.25, 0.3) is 22.3 Å². The van der Waals surface area contributed by atoms with E-state index < -0.39 is 23.5 Å². The minimum atomic E-state index is -0.917. The molecule has 2 aromatic heterocycles. The highest BCUT2D eigenvalue weighted by atomic mass is 16.6. The molecule has 5 aromatic rings. The molecule has 1 saturated heterocycles. The Balaban J connectivity index is 1.54. The van der Waals surface area contributed by atoms with Gasteiger partial charge in [-0.15, -0.1) is 0 Å². The molecule has 1 aliphatic carbocycles. The number of aryl methyl sites for hydroxylation is 1. The lowest BCUT2D eigenvalue weighted by Gasteiger charge is -2.33. The zero-order chi connectivity index (χ0) is 25.1. The van der Waals surface area contributed by atoms with E-state index in [-0.39, 0.29) is 4.92 Å². The highest BCUT2D eigenvalue weighted by Crippen LogP contribution is 2.58. The topological polar surface area (TPSA) is 110 Å². The molecule has 0 amide bonds.